The molecule has 18 heavy (non-hydrogen) atoms. The first-order valence-corrected chi connectivity index (χ1v) is 7.55. The summed E-state index contributed by atoms with van der Waals surface area (Å²) in [5.41, 5.74) is 2.28. The minimum Gasteiger partial charge on any atom is -0.376 e. The highest BCUT2D eigenvalue weighted by atomic mass is 32.2. The number of thioether (sulfide) groups is 1. The lowest BCUT2D eigenvalue weighted by atomic mass is 10.1. The third-order valence-electron chi connectivity index (χ3n) is 3.18. The summed E-state index contributed by atoms with van der Waals surface area (Å²) in [4.78, 5) is 9.26. The summed E-state index contributed by atoms with van der Waals surface area (Å²) in [6.07, 6.45) is 2.08. The predicted octanol–water partition coefficient (Wildman–Crippen LogP) is 2.62. The third kappa shape index (κ3) is 3.14. The molecule has 0 spiro atoms. The van der Waals surface area contributed by atoms with Gasteiger partial charge < -0.3 is 10.1 Å². The average molecular weight is 267 g/mol. The van der Waals surface area contributed by atoms with E-state index < -0.39 is 0 Å². The van der Waals surface area contributed by atoms with E-state index in [1.165, 1.54) is 6.42 Å². The number of ether oxygens (including phenoxy) is 1. The van der Waals surface area contributed by atoms with E-state index in [2.05, 4.69) is 29.1 Å². The Kier molecular flexibility index (Phi) is 4.83. The molecular weight excluding hydrogens is 246 g/mol. The van der Waals surface area contributed by atoms with Crippen molar-refractivity contribution in [1.82, 2.24) is 9.97 Å². The highest BCUT2D eigenvalue weighted by molar-refractivity contribution is 7.99. The number of nitrogens with zero attached hydrogens (tertiary/aromatic N) is 2. The maximum Gasteiger partial charge on any atom is 0.140 e. The van der Waals surface area contributed by atoms with Gasteiger partial charge in [0.05, 0.1) is 24.7 Å². The Morgan fingerprint density at radius 3 is 3.00 bits per heavy atom. The van der Waals surface area contributed by atoms with Gasteiger partial charge in [-0.3, -0.25) is 0 Å². The fourth-order valence-corrected chi connectivity index (χ4v) is 2.69. The summed E-state index contributed by atoms with van der Waals surface area (Å²) in [5, 5.41) is 3.82. The van der Waals surface area contributed by atoms with Crippen LogP contribution in [0, 0.1) is 0 Å². The fourth-order valence-electron chi connectivity index (χ4n) is 1.89. The van der Waals surface area contributed by atoms with Gasteiger partial charge in [0.1, 0.15) is 11.6 Å². The maximum atomic E-state index is 5.47. The topological polar surface area (TPSA) is 47.0 Å². The quantitative estimate of drug-likeness (QED) is 0.888. The fraction of sp³-hybridized carbons (Fsp3) is 0.692. The van der Waals surface area contributed by atoms with Crippen molar-refractivity contribution in [3.8, 4) is 0 Å². The molecule has 5 heteroatoms. The SMILES string of the molecule is CCC(C)SCc1nc2c(c(NC)n1)COCC2. The van der Waals surface area contributed by atoms with Crippen molar-refractivity contribution < 1.29 is 4.74 Å². The van der Waals surface area contributed by atoms with Gasteiger partial charge >= 0.3 is 0 Å². The minimum atomic E-state index is 0.629. The number of hydrogen-bond donors (Lipinski definition) is 1. The molecule has 0 aliphatic carbocycles. The second-order valence-corrected chi connectivity index (χ2v) is 5.92. The molecule has 0 aromatic carbocycles. The number of hydrogen-bond acceptors (Lipinski definition) is 5. The standard InChI is InChI=1S/C13H21N3OS/c1-4-9(2)18-8-12-15-11-5-6-17-7-10(11)13(14-3)16-12/h9H,4-8H2,1-3H3,(H,14,15,16). The van der Waals surface area contributed by atoms with E-state index in [4.69, 9.17) is 4.74 Å². The summed E-state index contributed by atoms with van der Waals surface area (Å²) in [7, 11) is 1.91. The molecule has 0 fully saturated rings. The van der Waals surface area contributed by atoms with Crippen LogP contribution in [0.5, 0.6) is 0 Å². The average Bonchev–Trinajstić information content (AvgIpc) is 2.43. The van der Waals surface area contributed by atoms with Crippen molar-refractivity contribution in [2.45, 2.75) is 44.3 Å². The van der Waals surface area contributed by atoms with Gasteiger partial charge in [0, 0.05) is 24.3 Å². The van der Waals surface area contributed by atoms with E-state index >= 15 is 0 Å². The Bertz CT molecular complexity index is 394. The molecule has 2 rings (SSSR count). The lowest BCUT2D eigenvalue weighted by molar-refractivity contribution is 0.109. The van der Waals surface area contributed by atoms with Gasteiger partial charge in [0.2, 0.25) is 0 Å². The molecule has 0 saturated carbocycles. The first kappa shape index (κ1) is 13.6. The van der Waals surface area contributed by atoms with Gasteiger partial charge in [-0.15, -0.1) is 0 Å². The molecule has 0 bridgehead atoms. The second-order valence-electron chi connectivity index (χ2n) is 4.50. The van der Waals surface area contributed by atoms with Gasteiger partial charge in [-0.05, 0) is 6.42 Å². The molecule has 1 atom stereocenters. The lowest BCUT2D eigenvalue weighted by Gasteiger charge is -2.19. The van der Waals surface area contributed by atoms with Crippen LogP contribution in [0.3, 0.4) is 0 Å². The van der Waals surface area contributed by atoms with Crippen LogP contribution in [0.1, 0.15) is 37.4 Å². The second kappa shape index (κ2) is 6.38. The zero-order valence-electron chi connectivity index (χ0n) is 11.3. The number of nitrogens with one attached hydrogen (secondary N) is 1. The Morgan fingerprint density at radius 2 is 2.28 bits per heavy atom. The van der Waals surface area contributed by atoms with Crippen molar-refractivity contribution in [3.63, 3.8) is 0 Å². The minimum absolute atomic E-state index is 0.629. The van der Waals surface area contributed by atoms with Crippen LogP contribution in [0.4, 0.5) is 5.82 Å². The molecule has 0 radical (unpaired) electrons. The van der Waals surface area contributed by atoms with Crippen LogP contribution < -0.4 is 5.32 Å². The van der Waals surface area contributed by atoms with E-state index in [9.17, 15) is 0 Å². The summed E-state index contributed by atoms with van der Waals surface area (Å²) in [6.45, 7) is 5.85. The van der Waals surface area contributed by atoms with Crippen LogP contribution >= 0.6 is 11.8 Å². The molecule has 1 unspecified atom stereocenters. The van der Waals surface area contributed by atoms with Crippen molar-refractivity contribution in [3.05, 3.63) is 17.1 Å². The first-order chi connectivity index (χ1) is 8.74. The van der Waals surface area contributed by atoms with Crippen LogP contribution in [-0.4, -0.2) is 28.9 Å². The molecule has 1 aliphatic rings. The van der Waals surface area contributed by atoms with Crippen molar-refractivity contribution in [2.24, 2.45) is 0 Å². The summed E-state index contributed by atoms with van der Waals surface area (Å²) in [5.74, 6) is 2.75. The molecule has 1 aliphatic heterocycles. The van der Waals surface area contributed by atoms with Crippen LogP contribution in [0.15, 0.2) is 0 Å². The Balaban J connectivity index is 2.16. The third-order valence-corrected chi connectivity index (χ3v) is 4.50. The zero-order chi connectivity index (χ0) is 13.0. The molecular formula is C13H21N3OS. The van der Waals surface area contributed by atoms with Crippen molar-refractivity contribution in [2.75, 3.05) is 19.0 Å². The van der Waals surface area contributed by atoms with E-state index in [1.807, 2.05) is 18.8 Å². The summed E-state index contributed by atoms with van der Waals surface area (Å²) in [6, 6.07) is 0. The largest absolute Gasteiger partial charge is 0.376 e. The molecule has 1 aromatic rings. The molecule has 2 heterocycles. The highest BCUT2D eigenvalue weighted by Crippen LogP contribution is 2.24. The first-order valence-electron chi connectivity index (χ1n) is 6.50. The number of aromatic nitrogens is 2. The number of rotatable bonds is 5. The smallest absolute Gasteiger partial charge is 0.140 e. The molecule has 1 aromatic heterocycles. The lowest BCUT2D eigenvalue weighted by Crippen LogP contribution is -2.17. The highest BCUT2D eigenvalue weighted by Gasteiger charge is 2.17. The molecule has 100 valence electrons. The van der Waals surface area contributed by atoms with Crippen molar-refractivity contribution in [1.29, 1.82) is 0 Å². The van der Waals surface area contributed by atoms with Crippen molar-refractivity contribution >= 4 is 17.6 Å². The van der Waals surface area contributed by atoms with Gasteiger partial charge in [-0.1, -0.05) is 13.8 Å². The van der Waals surface area contributed by atoms with E-state index in [0.717, 1.165) is 41.7 Å². The van der Waals surface area contributed by atoms with E-state index in [1.54, 1.807) is 0 Å². The number of anilines is 1. The van der Waals surface area contributed by atoms with Gasteiger partial charge in [0.15, 0.2) is 0 Å². The number of fused-ring (bicyclic) bond motifs is 1. The molecule has 0 saturated heterocycles. The summed E-state index contributed by atoms with van der Waals surface area (Å²) < 4.78 is 5.47. The Morgan fingerprint density at radius 1 is 1.44 bits per heavy atom. The maximum absolute atomic E-state index is 5.47. The van der Waals surface area contributed by atoms with Gasteiger partial charge in [-0.2, -0.15) is 11.8 Å². The Labute approximate surface area is 113 Å². The van der Waals surface area contributed by atoms with E-state index in [-0.39, 0.29) is 0 Å². The van der Waals surface area contributed by atoms with Crippen LogP contribution in [-0.2, 0) is 23.5 Å². The molecule has 4 nitrogen and oxygen atoms in total. The Hall–Kier alpha value is -0.810. The van der Waals surface area contributed by atoms with Gasteiger partial charge in [-0.25, -0.2) is 9.97 Å². The zero-order valence-corrected chi connectivity index (χ0v) is 12.1. The molecule has 1 N–H and O–H groups in total. The molecule has 0 amide bonds. The van der Waals surface area contributed by atoms with E-state index in [0.29, 0.717) is 11.9 Å². The predicted molar refractivity (Wildman–Crippen MR) is 76.0 cm³/mol. The summed E-state index contributed by atoms with van der Waals surface area (Å²) >= 11 is 1.92. The van der Waals surface area contributed by atoms with Crippen LogP contribution in [0.2, 0.25) is 0 Å². The monoisotopic (exact) mass is 267 g/mol. The van der Waals surface area contributed by atoms with Gasteiger partial charge in [0.25, 0.3) is 0 Å². The normalized spacial score (nSPS) is 16.2. The van der Waals surface area contributed by atoms with Crippen LogP contribution in [0.25, 0.3) is 0 Å².